The van der Waals surface area contributed by atoms with Crippen molar-refractivity contribution in [1.82, 2.24) is 5.32 Å². The van der Waals surface area contributed by atoms with Gasteiger partial charge in [0.05, 0.1) is 25.7 Å². The number of nitrogens with zero attached hydrogens (tertiary/aromatic N) is 1. The summed E-state index contributed by atoms with van der Waals surface area (Å²) in [6, 6.07) is 13.2. The summed E-state index contributed by atoms with van der Waals surface area (Å²) in [6.45, 7) is 4.50. The van der Waals surface area contributed by atoms with Gasteiger partial charge < -0.3 is 14.8 Å². The summed E-state index contributed by atoms with van der Waals surface area (Å²) in [5, 5.41) is 2.84. The predicted molar refractivity (Wildman–Crippen MR) is 114 cm³/mol. The molecular formula is C21H28N2O5S. The molecule has 0 heterocycles. The third-order valence-electron chi connectivity index (χ3n) is 4.31. The van der Waals surface area contributed by atoms with Crippen LogP contribution in [0.15, 0.2) is 48.5 Å². The number of carbonyl (C=O) groups is 1. The van der Waals surface area contributed by atoms with E-state index in [1.165, 1.54) is 7.11 Å². The van der Waals surface area contributed by atoms with Crippen LogP contribution in [0.4, 0.5) is 5.69 Å². The van der Waals surface area contributed by atoms with E-state index >= 15 is 0 Å². The molecule has 7 nitrogen and oxygen atoms in total. The summed E-state index contributed by atoms with van der Waals surface area (Å²) >= 11 is 0. The van der Waals surface area contributed by atoms with Crippen LogP contribution in [0.25, 0.3) is 0 Å². The number of ether oxygens (including phenoxy) is 2. The molecule has 0 aliphatic heterocycles. The van der Waals surface area contributed by atoms with Crippen LogP contribution in [0.5, 0.6) is 11.5 Å². The average Bonchev–Trinajstić information content (AvgIpc) is 2.69. The van der Waals surface area contributed by atoms with Crippen LogP contribution < -0.4 is 19.1 Å². The highest BCUT2D eigenvalue weighted by atomic mass is 32.2. The van der Waals surface area contributed by atoms with Crippen molar-refractivity contribution in [2.45, 2.75) is 32.9 Å². The molecule has 2 aromatic carbocycles. The lowest BCUT2D eigenvalue weighted by atomic mass is 10.1. The Morgan fingerprint density at radius 3 is 2.41 bits per heavy atom. The fourth-order valence-electron chi connectivity index (χ4n) is 3.03. The topological polar surface area (TPSA) is 84.9 Å². The van der Waals surface area contributed by atoms with Crippen molar-refractivity contribution in [3.63, 3.8) is 0 Å². The Hall–Kier alpha value is -2.74. The number of rotatable bonds is 10. The fraction of sp³-hybridized carbons (Fsp3) is 0.381. The Morgan fingerprint density at radius 1 is 1.10 bits per heavy atom. The van der Waals surface area contributed by atoms with E-state index in [0.717, 1.165) is 21.9 Å². The van der Waals surface area contributed by atoms with Crippen LogP contribution in [0.1, 0.15) is 25.8 Å². The molecule has 0 saturated heterocycles. The van der Waals surface area contributed by atoms with E-state index in [1.807, 2.05) is 31.2 Å². The van der Waals surface area contributed by atoms with Gasteiger partial charge >= 0.3 is 0 Å². The zero-order chi connectivity index (χ0) is 21.4. The van der Waals surface area contributed by atoms with Crippen LogP contribution >= 0.6 is 0 Å². The number of benzene rings is 2. The Morgan fingerprint density at radius 2 is 1.79 bits per heavy atom. The number of amides is 1. The van der Waals surface area contributed by atoms with Gasteiger partial charge in [0.25, 0.3) is 0 Å². The first-order valence-corrected chi connectivity index (χ1v) is 11.3. The number of anilines is 1. The number of nitrogens with one attached hydrogen (secondary N) is 1. The molecule has 8 heteroatoms. The van der Waals surface area contributed by atoms with E-state index < -0.39 is 16.1 Å². The van der Waals surface area contributed by atoms with E-state index in [1.54, 1.807) is 31.2 Å². The zero-order valence-corrected chi connectivity index (χ0v) is 18.0. The van der Waals surface area contributed by atoms with Crippen molar-refractivity contribution in [1.29, 1.82) is 0 Å². The van der Waals surface area contributed by atoms with E-state index in [4.69, 9.17) is 9.47 Å². The molecule has 0 bridgehead atoms. The van der Waals surface area contributed by atoms with Crippen LogP contribution in [-0.2, 0) is 21.4 Å². The van der Waals surface area contributed by atoms with Crippen molar-refractivity contribution >= 4 is 21.6 Å². The van der Waals surface area contributed by atoms with Crippen molar-refractivity contribution in [3.8, 4) is 11.5 Å². The molecule has 2 rings (SSSR count). The highest BCUT2D eigenvalue weighted by Gasteiger charge is 2.31. The number of hydrogen-bond acceptors (Lipinski definition) is 5. The van der Waals surface area contributed by atoms with Gasteiger partial charge in [-0.3, -0.25) is 9.10 Å². The second-order valence-corrected chi connectivity index (χ2v) is 8.34. The lowest BCUT2D eigenvalue weighted by Gasteiger charge is -2.30. The molecule has 0 aromatic heterocycles. The highest BCUT2D eigenvalue weighted by Crippen LogP contribution is 2.26. The zero-order valence-electron chi connectivity index (χ0n) is 17.2. The molecule has 1 amide bonds. The van der Waals surface area contributed by atoms with Crippen molar-refractivity contribution < 1.29 is 22.7 Å². The van der Waals surface area contributed by atoms with Gasteiger partial charge in [-0.05, 0) is 43.2 Å². The first kappa shape index (κ1) is 22.5. The maximum atomic E-state index is 12.9. The second kappa shape index (κ2) is 10.2. The van der Waals surface area contributed by atoms with Gasteiger partial charge in [0.15, 0.2) is 0 Å². The summed E-state index contributed by atoms with van der Waals surface area (Å²) in [6.07, 6.45) is 1.41. The molecule has 0 spiro atoms. The van der Waals surface area contributed by atoms with Gasteiger partial charge in [-0.2, -0.15) is 0 Å². The Labute approximate surface area is 172 Å². The van der Waals surface area contributed by atoms with Gasteiger partial charge in [0, 0.05) is 12.6 Å². The van der Waals surface area contributed by atoms with E-state index in [9.17, 15) is 13.2 Å². The smallest absolute Gasteiger partial charge is 0.244 e. The number of hydrogen-bond donors (Lipinski definition) is 1. The first-order chi connectivity index (χ1) is 13.8. The van der Waals surface area contributed by atoms with Crippen LogP contribution in [0.2, 0.25) is 0 Å². The molecule has 0 aliphatic rings. The molecule has 0 radical (unpaired) electrons. The monoisotopic (exact) mass is 420 g/mol. The quantitative estimate of drug-likeness (QED) is 0.639. The third-order valence-corrected chi connectivity index (χ3v) is 5.49. The minimum atomic E-state index is -3.70. The Kier molecular flexibility index (Phi) is 7.90. The molecule has 1 N–H and O–H groups in total. The second-order valence-electron chi connectivity index (χ2n) is 6.48. The molecule has 1 atom stereocenters. The maximum Gasteiger partial charge on any atom is 0.244 e. The molecule has 0 unspecified atom stereocenters. The lowest BCUT2D eigenvalue weighted by molar-refractivity contribution is -0.122. The predicted octanol–water partition coefficient (Wildman–Crippen LogP) is 2.95. The van der Waals surface area contributed by atoms with Crippen LogP contribution in [-0.4, -0.2) is 40.3 Å². The Bertz CT molecular complexity index is 930. The molecule has 0 fully saturated rings. The van der Waals surface area contributed by atoms with Crippen LogP contribution in [0, 0.1) is 0 Å². The van der Waals surface area contributed by atoms with Gasteiger partial charge in [0.1, 0.15) is 17.5 Å². The summed E-state index contributed by atoms with van der Waals surface area (Å²) in [7, 11) is -2.20. The van der Waals surface area contributed by atoms with Crippen molar-refractivity contribution in [3.05, 3.63) is 54.1 Å². The molecule has 158 valence electrons. The molecular weight excluding hydrogens is 392 g/mol. The molecule has 29 heavy (non-hydrogen) atoms. The minimum absolute atomic E-state index is 0.270. The SMILES string of the molecule is CCOc1cccc(CNC(=O)[C@@H](CC)N(c2cccc(OC)c2)S(C)(=O)=O)c1. The summed E-state index contributed by atoms with van der Waals surface area (Å²) in [4.78, 5) is 12.9. The molecule has 0 saturated carbocycles. The number of carbonyl (C=O) groups excluding carboxylic acids is 1. The Balaban J connectivity index is 2.23. The van der Waals surface area contributed by atoms with E-state index in [0.29, 0.717) is 24.5 Å². The van der Waals surface area contributed by atoms with Gasteiger partial charge in [-0.25, -0.2) is 8.42 Å². The van der Waals surface area contributed by atoms with Crippen molar-refractivity contribution in [2.75, 3.05) is 24.3 Å². The third kappa shape index (κ3) is 6.12. The van der Waals surface area contributed by atoms with Gasteiger partial charge in [-0.1, -0.05) is 25.1 Å². The largest absolute Gasteiger partial charge is 0.497 e. The lowest BCUT2D eigenvalue weighted by Crippen LogP contribution is -2.49. The van der Waals surface area contributed by atoms with Gasteiger partial charge in [-0.15, -0.1) is 0 Å². The molecule has 0 aliphatic carbocycles. The highest BCUT2D eigenvalue weighted by molar-refractivity contribution is 7.92. The minimum Gasteiger partial charge on any atom is -0.497 e. The number of sulfonamides is 1. The average molecular weight is 421 g/mol. The standard InChI is InChI=1S/C21H28N2O5S/c1-5-20(21(24)22-15-16-9-7-12-19(13-16)28-6-2)23(29(4,25)26)17-10-8-11-18(14-17)27-3/h7-14,20H,5-6,15H2,1-4H3,(H,22,24)/t20-/m1/s1. The fourth-order valence-corrected chi connectivity index (χ4v) is 4.23. The normalized spacial score (nSPS) is 12.1. The van der Waals surface area contributed by atoms with Gasteiger partial charge in [0.2, 0.25) is 15.9 Å². The summed E-state index contributed by atoms with van der Waals surface area (Å²) in [5.74, 6) is 0.863. The van der Waals surface area contributed by atoms with E-state index in [2.05, 4.69) is 5.32 Å². The molecule has 2 aromatic rings. The first-order valence-electron chi connectivity index (χ1n) is 9.43. The summed E-state index contributed by atoms with van der Waals surface area (Å²) < 4.78 is 36.8. The summed E-state index contributed by atoms with van der Waals surface area (Å²) in [5.41, 5.74) is 1.25. The maximum absolute atomic E-state index is 12.9. The van der Waals surface area contributed by atoms with Crippen LogP contribution in [0.3, 0.4) is 0 Å². The van der Waals surface area contributed by atoms with Crippen molar-refractivity contribution in [2.24, 2.45) is 0 Å². The van der Waals surface area contributed by atoms with E-state index in [-0.39, 0.29) is 12.5 Å². The number of methoxy groups -OCH3 is 1.